The number of hydrogen-bond donors (Lipinski definition) is 1. The van der Waals surface area contributed by atoms with Crippen LogP contribution in [0.15, 0.2) is 114 Å². The summed E-state index contributed by atoms with van der Waals surface area (Å²) in [5.41, 5.74) is 3.50. The monoisotopic (exact) mass is 474 g/mol. The average Bonchev–Trinajstić information content (AvgIpc) is 2.93. The van der Waals surface area contributed by atoms with Gasteiger partial charge in [0.05, 0.1) is 11.8 Å². The molecule has 5 aromatic rings. The van der Waals surface area contributed by atoms with Crippen molar-refractivity contribution in [3.05, 3.63) is 120 Å². The molecule has 6 heteroatoms. The van der Waals surface area contributed by atoms with Crippen molar-refractivity contribution >= 4 is 39.6 Å². The Labute approximate surface area is 207 Å². The summed E-state index contributed by atoms with van der Waals surface area (Å²) in [6.45, 7) is -0.193. The molecular formula is C30H22N2O4. The molecule has 0 aromatic heterocycles. The lowest BCUT2D eigenvalue weighted by Gasteiger charge is -2.10. The first kappa shape index (κ1) is 22.8. The number of nitrogens with one attached hydrogen (secondary N) is 1. The van der Waals surface area contributed by atoms with E-state index in [0.717, 1.165) is 21.5 Å². The van der Waals surface area contributed by atoms with E-state index in [0.29, 0.717) is 22.6 Å². The summed E-state index contributed by atoms with van der Waals surface area (Å²) < 4.78 is 11.3. The lowest BCUT2D eigenvalue weighted by molar-refractivity contribution is -0.123. The van der Waals surface area contributed by atoms with E-state index in [9.17, 15) is 9.59 Å². The van der Waals surface area contributed by atoms with Gasteiger partial charge in [0.1, 0.15) is 11.5 Å². The predicted octanol–water partition coefficient (Wildman–Crippen LogP) is 5.74. The first-order valence-electron chi connectivity index (χ1n) is 11.4. The maximum Gasteiger partial charge on any atom is 0.343 e. The zero-order chi connectivity index (χ0) is 24.7. The van der Waals surface area contributed by atoms with Crippen LogP contribution in [0.25, 0.3) is 21.5 Å². The minimum Gasteiger partial charge on any atom is -0.484 e. The van der Waals surface area contributed by atoms with Gasteiger partial charge in [-0.25, -0.2) is 10.2 Å². The van der Waals surface area contributed by atoms with Gasteiger partial charge in [-0.05, 0) is 51.9 Å². The third-order valence-corrected chi connectivity index (χ3v) is 5.62. The third kappa shape index (κ3) is 5.23. The second-order valence-electron chi connectivity index (χ2n) is 8.04. The van der Waals surface area contributed by atoms with Crippen LogP contribution in [-0.2, 0) is 4.79 Å². The highest BCUT2D eigenvalue weighted by Crippen LogP contribution is 2.27. The molecule has 36 heavy (non-hydrogen) atoms. The fourth-order valence-corrected chi connectivity index (χ4v) is 3.84. The van der Waals surface area contributed by atoms with Crippen LogP contribution in [0.1, 0.15) is 15.9 Å². The van der Waals surface area contributed by atoms with E-state index in [1.165, 1.54) is 6.21 Å². The average molecular weight is 475 g/mol. The zero-order valence-corrected chi connectivity index (χ0v) is 19.3. The number of carbonyl (C=O) groups is 2. The van der Waals surface area contributed by atoms with Crippen LogP contribution in [0.3, 0.4) is 0 Å². The van der Waals surface area contributed by atoms with Gasteiger partial charge in [0.25, 0.3) is 5.91 Å². The van der Waals surface area contributed by atoms with Gasteiger partial charge in [0.2, 0.25) is 0 Å². The largest absolute Gasteiger partial charge is 0.484 e. The van der Waals surface area contributed by atoms with E-state index in [4.69, 9.17) is 9.47 Å². The summed E-state index contributed by atoms with van der Waals surface area (Å²) in [7, 11) is 0. The number of amides is 1. The van der Waals surface area contributed by atoms with Crippen LogP contribution in [0, 0.1) is 0 Å². The number of nitrogens with zero attached hydrogens (tertiary/aromatic N) is 1. The minimum atomic E-state index is -0.478. The number of hydrogen-bond acceptors (Lipinski definition) is 5. The number of ether oxygens (including phenoxy) is 2. The summed E-state index contributed by atoms with van der Waals surface area (Å²) in [6, 6.07) is 33.6. The van der Waals surface area contributed by atoms with E-state index >= 15 is 0 Å². The van der Waals surface area contributed by atoms with E-state index in [-0.39, 0.29) is 6.61 Å². The molecule has 0 bridgehead atoms. The van der Waals surface area contributed by atoms with Crippen LogP contribution in [0.2, 0.25) is 0 Å². The van der Waals surface area contributed by atoms with Gasteiger partial charge in [-0.1, -0.05) is 78.9 Å². The lowest BCUT2D eigenvalue weighted by atomic mass is 10.0. The van der Waals surface area contributed by atoms with Crippen LogP contribution in [-0.4, -0.2) is 24.7 Å². The maximum absolute atomic E-state index is 12.6. The number of fused-ring (bicyclic) bond motifs is 2. The molecule has 0 atom stereocenters. The highest BCUT2D eigenvalue weighted by atomic mass is 16.5. The summed E-state index contributed by atoms with van der Waals surface area (Å²) in [5, 5.41) is 8.01. The Balaban J connectivity index is 1.29. The lowest BCUT2D eigenvalue weighted by Crippen LogP contribution is -2.24. The maximum atomic E-state index is 12.6. The Morgan fingerprint density at radius 3 is 2.28 bits per heavy atom. The van der Waals surface area contributed by atoms with Crippen molar-refractivity contribution in [2.24, 2.45) is 5.10 Å². The third-order valence-electron chi connectivity index (χ3n) is 5.62. The van der Waals surface area contributed by atoms with Gasteiger partial charge in [-0.3, -0.25) is 4.79 Å². The van der Waals surface area contributed by atoms with Crippen molar-refractivity contribution in [2.75, 3.05) is 6.61 Å². The van der Waals surface area contributed by atoms with Gasteiger partial charge in [0, 0.05) is 5.56 Å². The quantitative estimate of drug-likeness (QED) is 0.141. The van der Waals surface area contributed by atoms with Gasteiger partial charge in [-0.2, -0.15) is 5.10 Å². The number of carbonyl (C=O) groups excluding carboxylic acids is 2. The summed E-state index contributed by atoms with van der Waals surface area (Å²) in [5.74, 6) is 0.0424. The predicted molar refractivity (Wildman–Crippen MR) is 141 cm³/mol. The van der Waals surface area contributed by atoms with Crippen LogP contribution in [0.5, 0.6) is 11.5 Å². The van der Waals surface area contributed by atoms with E-state index in [1.54, 1.807) is 30.3 Å². The first-order valence-corrected chi connectivity index (χ1v) is 11.4. The Bertz CT molecular complexity index is 1580. The highest BCUT2D eigenvalue weighted by Gasteiger charge is 2.13. The fourth-order valence-electron chi connectivity index (χ4n) is 3.84. The van der Waals surface area contributed by atoms with Crippen molar-refractivity contribution in [2.45, 2.75) is 0 Å². The van der Waals surface area contributed by atoms with Crippen molar-refractivity contribution in [3.63, 3.8) is 0 Å². The molecule has 0 aliphatic rings. The molecule has 0 spiro atoms. The minimum absolute atomic E-state index is 0.193. The smallest absolute Gasteiger partial charge is 0.343 e. The van der Waals surface area contributed by atoms with Gasteiger partial charge in [-0.15, -0.1) is 0 Å². The molecule has 0 aliphatic carbocycles. The van der Waals surface area contributed by atoms with Gasteiger partial charge < -0.3 is 9.47 Å². The van der Waals surface area contributed by atoms with Crippen molar-refractivity contribution in [3.8, 4) is 11.5 Å². The molecule has 0 unspecified atom stereocenters. The molecule has 0 saturated heterocycles. The number of benzene rings is 5. The molecule has 5 rings (SSSR count). The second kappa shape index (κ2) is 10.5. The normalized spacial score (nSPS) is 11.0. The summed E-state index contributed by atoms with van der Waals surface area (Å²) >= 11 is 0. The molecule has 1 amide bonds. The Kier molecular flexibility index (Phi) is 6.67. The molecule has 0 radical (unpaired) electrons. The molecule has 6 nitrogen and oxygen atoms in total. The molecule has 5 aromatic carbocycles. The molecule has 0 saturated carbocycles. The Hall–Kier alpha value is -4.97. The van der Waals surface area contributed by atoms with E-state index in [2.05, 4.69) is 10.5 Å². The summed E-state index contributed by atoms with van der Waals surface area (Å²) in [6.07, 6.45) is 1.48. The van der Waals surface area contributed by atoms with Crippen molar-refractivity contribution < 1.29 is 19.1 Å². The van der Waals surface area contributed by atoms with Crippen molar-refractivity contribution in [1.82, 2.24) is 5.43 Å². The number of esters is 1. The molecule has 0 aliphatic heterocycles. The van der Waals surface area contributed by atoms with Crippen LogP contribution >= 0.6 is 0 Å². The van der Waals surface area contributed by atoms with Crippen LogP contribution in [0.4, 0.5) is 0 Å². The molecule has 0 fully saturated rings. The topological polar surface area (TPSA) is 77.0 Å². The fraction of sp³-hybridized carbons (Fsp3) is 0.0333. The van der Waals surface area contributed by atoms with Gasteiger partial charge >= 0.3 is 5.97 Å². The van der Waals surface area contributed by atoms with Crippen molar-refractivity contribution in [1.29, 1.82) is 0 Å². The Morgan fingerprint density at radius 1 is 0.750 bits per heavy atom. The first-order chi connectivity index (χ1) is 17.7. The second-order valence-corrected chi connectivity index (χ2v) is 8.04. The number of rotatable bonds is 7. The Morgan fingerprint density at radius 2 is 1.44 bits per heavy atom. The van der Waals surface area contributed by atoms with Crippen LogP contribution < -0.4 is 14.9 Å². The standard InChI is InChI=1S/C30H22N2O4/c33-29(20-35-25-16-14-21-8-4-5-12-24(21)18-25)32-31-19-27-26-13-7-6-9-22(26)15-17-28(27)36-30(34)23-10-2-1-3-11-23/h1-19H,20H2,(H,32,33). The SMILES string of the molecule is O=C(COc1ccc2ccccc2c1)NN=Cc1c(OC(=O)c2ccccc2)ccc2ccccc12. The van der Waals surface area contributed by atoms with E-state index in [1.807, 2.05) is 78.9 Å². The molecule has 0 heterocycles. The van der Waals surface area contributed by atoms with E-state index < -0.39 is 11.9 Å². The highest BCUT2D eigenvalue weighted by molar-refractivity contribution is 6.04. The zero-order valence-electron chi connectivity index (χ0n) is 19.3. The number of hydrazone groups is 1. The molecular weight excluding hydrogens is 452 g/mol. The summed E-state index contributed by atoms with van der Waals surface area (Å²) in [4.78, 5) is 25.0. The molecule has 1 N–H and O–H groups in total. The van der Waals surface area contributed by atoms with Gasteiger partial charge in [0.15, 0.2) is 6.61 Å². The molecule has 176 valence electrons.